The van der Waals surface area contributed by atoms with Crippen molar-refractivity contribution >= 4 is 23.6 Å². The van der Waals surface area contributed by atoms with Gasteiger partial charge >= 0.3 is 12.0 Å². The number of nitrogens with zero attached hydrogens (tertiary/aromatic N) is 1. The highest BCUT2D eigenvalue weighted by atomic mass is 16.4. The number of hydrogen-bond acceptors (Lipinski definition) is 3. The molecule has 0 spiro atoms. The average molecular weight is 305 g/mol. The van der Waals surface area contributed by atoms with Crippen molar-refractivity contribution in [2.45, 2.75) is 19.3 Å². The van der Waals surface area contributed by atoms with Gasteiger partial charge < -0.3 is 20.6 Å². The van der Waals surface area contributed by atoms with Crippen LogP contribution in [0.15, 0.2) is 24.3 Å². The molecule has 0 unspecified atom stereocenters. The van der Waals surface area contributed by atoms with Crippen molar-refractivity contribution < 1.29 is 19.5 Å². The van der Waals surface area contributed by atoms with Crippen molar-refractivity contribution in [3.63, 3.8) is 0 Å². The molecule has 0 aromatic heterocycles. The monoisotopic (exact) mass is 305 g/mol. The lowest BCUT2D eigenvalue weighted by atomic mass is 10.2. The molecular formula is C15H19N3O4. The average Bonchev–Trinajstić information content (AvgIpc) is 2.93. The maximum Gasteiger partial charge on any atom is 0.315 e. The Labute approximate surface area is 128 Å². The summed E-state index contributed by atoms with van der Waals surface area (Å²) in [6.07, 6.45) is 1.18. The molecule has 22 heavy (non-hydrogen) atoms. The number of urea groups is 1. The van der Waals surface area contributed by atoms with Gasteiger partial charge in [0.1, 0.15) is 0 Å². The zero-order valence-electron chi connectivity index (χ0n) is 12.2. The Morgan fingerprint density at radius 3 is 2.73 bits per heavy atom. The number of carbonyl (C=O) groups excluding carboxylic acids is 2. The second-order valence-corrected chi connectivity index (χ2v) is 5.03. The van der Waals surface area contributed by atoms with Crippen LogP contribution < -0.4 is 15.5 Å². The Kier molecular flexibility index (Phi) is 5.35. The molecule has 3 amide bonds. The lowest BCUT2D eigenvalue weighted by Crippen LogP contribution is -2.43. The van der Waals surface area contributed by atoms with Gasteiger partial charge in [-0.1, -0.05) is 18.2 Å². The molecule has 0 saturated carbocycles. The number of aliphatic carboxylic acids is 1. The van der Waals surface area contributed by atoms with Crippen LogP contribution in [-0.4, -0.2) is 42.6 Å². The third kappa shape index (κ3) is 4.21. The highest BCUT2D eigenvalue weighted by Crippen LogP contribution is 2.27. The third-order valence-electron chi connectivity index (χ3n) is 3.44. The molecule has 0 bridgehead atoms. The minimum atomic E-state index is -0.898. The van der Waals surface area contributed by atoms with E-state index in [9.17, 15) is 14.4 Å². The van der Waals surface area contributed by atoms with Gasteiger partial charge in [-0.15, -0.1) is 0 Å². The summed E-state index contributed by atoms with van der Waals surface area (Å²) >= 11 is 0. The molecule has 1 aromatic rings. The molecule has 3 N–H and O–H groups in total. The van der Waals surface area contributed by atoms with Crippen LogP contribution >= 0.6 is 0 Å². The first kappa shape index (κ1) is 15.8. The van der Waals surface area contributed by atoms with Crippen molar-refractivity contribution in [3.8, 4) is 0 Å². The molecule has 118 valence electrons. The SMILES string of the molecule is O=C(O)CCCNC(=O)NCC(=O)N1CCc2ccccc21. The van der Waals surface area contributed by atoms with Crippen molar-refractivity contribution in [2.75, 3.05) is 24.5 Å². The van der Waals surface area contributed by atoms with Crippen LogP contribution in [0.2, 0.25) is 0 Å². The maximum absolute atomic E-state index is 12.1. The number of carboxylic acids is 1. The number of anilines is 1. The van der Waals surface area contributed by atoms with E-state index in [1.54, 1.807) is 4.90 Å². The summed E-state index contributed by atoms with van der Waals surface area (Å²) < 4.78 is 0. The first-order valence-electron chi connectivity index (χ1n) is 7.19. The van der Waals surface area contributed by atoms with E-state index < -0.39 is 12.0 Å². The summed E-state index contributed by atoms with van der Waals surface area (Å²) in [5.41, 5.74) is 2.03. The zero-order valence-corrected chi connectivity index (χ0v) is 12.2. The van der Waals surface area contributed by atoms with Crippen LogP contribution in [0.1, 0.15) is 18.4 Å². The van der Waals surface area contributed by atoms with Crippen LogP contribution in [0, 0.1) is 0 Å². The number of nitrogens with one attached hydrogen (secondary N) is 2. The minimum Gasteiger partial charge on any atom is -0.481 e. The van der Waals surface area contributed by atoms with Crippen LogP contribution in [0.3, 0.4) is 0 Å². The predicted molar refractivity (Wildman–Crippen MR) is 80.8 cm³/mol. The Hall–Kier alpha value is -2.57. The number of benzene rings is 1. The fourth-order valence-corrected chi connectivity index (χ4v) is 2.35. The second-order valence-electron chi connectivity index (χ2n) is 5.03. The largest absolute Gasteiger partial charge is 0.481 e. The number of hydrogen-bond donors (Lipinski definition) is 3. The lowest BCUT2D eigenvalue weighted by Gasteiger charge is -2.17. The number of carboxylic acid groups (broad SMARTS) is 1. The van der Waals surface area contributed by atoms with Gasteiger partial charge in [0, 0.05) is 25.2 Å². The van der Waals surface area contributed by atoms with Gasteiger partial charge in [-0.3, -0.25) is 9.59 Å². The number of para-hydroxylation sites is 1. The predicted octanol–water partition coefficient (Wildman–Crippen LogP) is 0.740. The number of rotatable bonds is 6. The van der Waals surface area contributed by atoms with Crippen molar-refractivity contribution in [1.82, 2.24) is 10.6 Å². The summed E-state index contributed by atoms with van der Waals surface area (Å²) in [5, 5.41) is 13.5. The van der Waals surface area contributed by atoms with E-state index in [4.69, 9.17) is 5.11 Å². The van der Waals surface area contributed by atoms with Gasteiger partial charge in [0.15, 0.2) is 0 Å². The molecule has 0 radical (unpaired) electrons. The number of fused-ring (bicyclic) bond motifs is 1. The molecule has 1 aliphatic heterocycles. The zero-order chi connectivity index (χ0) is 15.9. The van der Waals surface area contributed by atoms with Crippen LogP contribution in [0.4, 0.5) is 10.5 Å². The summed E-state index contributed by atoms with van der Waals surface area (Å²) in [5.74, 6) is -1.06. The summed E-state index contributed by atoms with van der Waals surface area (Å²) in [6.45, 7) is 0.804. The Balaban J connectivity index is 1.72. The van der Waals surface area contributed by atoms with E-state index in [1.807, 2.05) is 24.3 Å². The third-order valence-corrected chi connectivity index (χ3v) is 3.44. The standard InChI is InChI=1S/C15H19N3O4/c19-13(10-17-15(22)16-8-3-6-14(20)21)18-9-7-11-4-1-2-5-12(11)18/h1-2,4-5H,3,6-10H2,(H,20,21)(H2,16,17,22). The highest BCUT2D eigenvalue weighted by molar-refractivity contribution is 5.98. The molecule has 7 heteroatoms. The van der Waals surface area contributed by atoms with Gasteiger partial charge in [-0.25, -0.2) is 4.79 Å². The van der Waals surface area contributed by atoms with Crippen LogP contribution in [-0.2, 0) is 16.0 Å². The lowest BCUT2D eigenvalue weighted by molar-refractivity contribution is -0.137. The van der Waals surface area contributed by atoms with E-state index in [-0.39, 0.29) is 25.4 Å². The fraction of sp³-hybridized carbons (Fsp3) is 0.400. The van der Waals surface area contributed by atoms with E-state index in [2.05, 4.69) is 10.6 Å². The van der Waals surface area contributed by atoms with Crippen LogP contribution in [0.5, 0.6) is 0 Å². The summed E-state index contributed by atoms with van der Waals surface area (Å²) in [7, 11) is 0. The molecule has 1 aromatic carbocycles. The molecule has 1 aliphatic rings. The fourth-order valence-electron chi connectivity index (χ4n) is 2.35. The van der Waals surface area contributed by atoms with Crippen molar-refractivity contribution in [2.24, 2.45) is 0 Å². The molecule has 2 rings (SSSR count). The van der Waals surface area contributed by atoms with Crippen molar-refractivity contribution in [3.05, 3.63) is 29.8 Å². The van der Waals surface area contributed by atoms with Gasteiger partial charge in [0.05, 0.1) is 6.54 Å². The normalized spacial score (nSPS) is 12.6. The molecule has 0 fully saturated rings. The van der Waals surface area contributed by atoms with Crippen LogP contribution in [0.25, 0.3) is 0 Å². The Morgan fingerprint density at radius 1 is 1.18 bits per heavy atom. The summed E-state index contributed by atoms with van der Waals surface area (Å²) in [6, 6.07) is 7.24. The minimum absolute atomic E-state index is 0.00374. The van der Waals surface area contributed by atoms with Gasteiger partial charge in [0.2, 0.25) is 5.91 Å². The molecule has 1 heterocycles. The first-order valence-corrected chi connectivity index (χ1v) is 7.19. The van der Waals surface area contributed by atoms with Gasteiger partial charge in [0.25, 0.3) is 0 Å². The van der Waals surface area contributed by atoms with E-state index >= 15 is 0 Å². The second kappa shape index (κ2) is 7.44. The smallest absolute Gasteiger partial charge is 0.315 e. The van der Waals surface area contributed by atoms with Gasteiger partial charge in [-0.05, 0) is 24.5 Å². The molecule has 0 aliphatic carbocycles. The first-order chi connectivity index (χ1) is 10.6. The topological polar surface area (TPSA) is 98.7 Å². The summed E-state index contributed by atoms with van der Waals surface area (Å²) in [4.78, 5) is 35.6. The molecule has 7 nitrogen and oxygen atoms in total. The quantitative estimate of drug-likeness (QED) is 0.675. The molecule has 0 saturated heterocycles. The Bertz CT molecular complexity index is 574. The Morgan fingerprint density at radius 2 is 1.95 bits per heavy atom. The highest BCUT2D eigenvalue weighted by Gasteiger charge is 2.23. The maximum atomic E-state index is 12.1. The number of carbonyl (C=O) groups is 3. The van der Waals surface area contributed by atoms with Gasteiger partial charge in [-0.2, -0.15) is 0 Å². The van der Waals surface area contributed by atoms with E-state index in [1.165, 1.54) is 0 Å². The molecular weight excluding hydrogens is 286 g/mol. The number of amides is 3. The van der Waals surface area contributed by atoms with E-state index in [0.29, 0.717) is 13.0 Å². The molecule has 0 atom stereocenters. The van der Waals surface area contributed by atoms with Crippen molar-refractivity contribution in [1.29, 1.82) is 0 Å². The van der Waals surface area contributed by atoms with E-state index in [0.717, 1.165) is 17.7 Å².